The van der Waals surface area contributed by atoms with E-state index in [1.807, 2.05) is 31.6 Å². The molecule has 0 saturated heterocycles. The Bertz CT molecular complexity index is 1370. The molecule has 4 aromatic rings. The summed E-state index contributed by atoms with van der Waals surface area (Å²) in [5, 5.41) is 9.57. The van der Waals surface area contributed by atoms with Crippen LogP contribution in [0.15, 0.2) is 35.4 Å². The lowest BCUT2D eigenvalue weighted by Gasteiger charge is -2.09. The van der Waals surface area contributed by atoms with Crippen LogP contribution >= 0.6 is 11.3 Å². The summed E-state index contributed by atoms with van der Waals surface area (Å²) in [6.45, 7) is 11.6. The van der Waals surface area contributed by atoms with Crippen molar-refractivity contribution in [3.05, 3.63) is 51.8 Å². The van der Waals surface area contributed by atoms with Crippen LogP contribution in [0.3, 0.4) is 0 Å². The molecule has 1 aliphatic heterocycles. The van der Waals surface area contributed by atoms with Gasteiger partial charge in [-0.15, -0.1) is 11.3 Å². The number of nitrogens with zero attached hydrogens (tertiary/aromatic N) is 6. The van der Waals surface area contributed by atoms with E-state index in [4.69, 9.17) is 9.72 Å². The SMILES string of the molecule is Cc1nn(C(C)C)c(=O)n1-c1nc2c(s1)CCOc1cc(-c3cnn(CC(C)C)c3)ccc1-2. The smallest absolute Gasteiger partial charge is 0.352 e. The molecule has 0 spiro atoms. The highest BCUT2D eigenvalue weighted by Crippen LogP contribution is 2.40. The number of thiazole rings is 1. The lowest BCUT2D eigenvalue weighted by molar-refractivity contribution is 0.327. The predicted octanol–water partition coefficient (Wildman–Crippen LogP) is 4.50. The van der Waals surface area contributed by atoms with E-state index in [1.165, 1.54) is 16.0 Å². The van der Waals surface area contributed by atoms with Gasteiger partial charge in [0.05, 0.1) is 24.5 Å². The number of fused-ring (bicyclic) bond motifs is 3. The molecule has 0 N–H and O–H groups in total. The van der Waals surface area contributed by atoms with Crippen LogP contribution in [0, 0.1) is 12.8 Å². The quantitative estimate of drug-likeness (QED) is 0.434. The molecular weight excluding hydrogens is 436 g/mol. The summed E-state index contributed by atoms with van der Waals surface area (Å²) in [4.78, 5) is 18.9. The number of hydrogen-bond donors (Lipinski definition) is 0. The Morgan fingerprint density at radius 1 is 1.18 bits per heavy atom. The summed E-state index contributed by atoms with van der Waals surface area (Å²) in [6.07, 6.45) is 4.72. The van der Waals surface area contributed by atoms with Crippen LogP contribution in [0.5, 0.6) is 5.75 Å². The number of benzene rings is 1. The molecule has 0 radical (unpaired) electrons. The Kier molecular flexibility index (Phi) is 5.44. The molecule has 4 heterocycles. The fourth-order valence-electron chi connectivity index (χ4n) is 4.11. The van der Waals surface area contributed by atoms with Gasteiger partial charge in [-0.2, -0.15) is 10.2 Å². The van der Waals surface area contributed by atoms with Crippen molar-refractivity contribution in [1.82, 2.24) is 29.1 Å². The van der Waals surface area contributed by atoms with Gasteiger partial charge < -0.3 is 4.74 Å². The maximum atomic E-state index is 12.9. The minimum Gasteiger partial charge on any atom is -0.492 e. The van der Waals surface area contributed by atoms with Crippen molar-refractivity contribution in [3.8, 4) is 33.3 Å². The van der Waals surface area contributed by atoms with E-state index in [9.17, 15) is 4.79 Å². The second-order valence-corrected chi connectivity index (χ2v) is 10.2. The molecule has 0 unspecified atom stereocenters. The molecule has 3 aromatic heterocycles. The van der Waals surface area contributed by atoms with Gasteiger partial charge in [-0.05, 0) is 44.4 Å². The van der Waals surface area contributed by atoms with Crippen LogP contribution in [-0.2, 0) is 13.0 Å². The molecule has 5 rings (SSSR count). The summed E-state index contributed by atoms with van der Waals surface area (Å²) in [5.74, 6) is 1.98. The summed E-state index contributed by atoms with van der Waals surface area (Å²) >= 11 is 1.53. The Morgan fingerprint density at radius 3 is 2.73 bits per heavy atom. The third-order valence-corrected chi connectivity index (χ3v) is 6.77. The van der Waals surface area contributed by atoms with Gasteiger partial charge in [0.2, 0.25) is 0 Å². The first-order valence-electron chi connectivity index (χ1n) is 11.3. The van der Waals surface area contributed by atoms with Crippen molar-refractivity contribution < 1.29 is 4.74 Å². The van der Waals surface area contributed by atoms with Gasteiger partial charge in [0.1, 0.15) is 11.6 Å². The van der Waals surface area contributed by atoms with Gasteiger partial charge in [0, 0.05) is 35.2 Å². The van der Waals surface area contributed by atoms with Crippen molar-refractivity contribution in [1.29, 1.82) is 0 Å². The summed E-state index contributed by atoms with van der Waals surface area (Å²) in [5.41, 5.74) is 3.80. The minimum atomic E-state index is -0.156. The van der Waals surface area contributed by atoms with E-state index < -0.39 is 0 Å². The third-order valence-electron chi connectivity index (χ3n) is 5.67. The standard InChI is InChI=1S/C24H28N6O2S/c1-14(2)12-28-13-18(11-25-28)17-6-7-19-20(10-17)32-9-8-21-22(19)26-23(33-21)29-16(5)27-30(15(3)4)24(29)31/h6-7,10-11,13-15H,8-9,12H2,1-5H3. The Morgan fingerprint density at radius 2 is 2.00 bits per heavy atom. The number of rotatable bonds is 5. The van der Waals surface area contributed by atoms with Crippen molar-refractivity contribution in [2.75, 3.05) is 6.61 Å². The van der Waals surface area contributed by atoms with Gasteiger partial charge in [-0.1, -0.05) is 19.9 Å². The molecule has 0 aliphatic carbocycles. The van der Waals surface area contributed by atoms with Crippen molar-refractivity contribution in [3.63, 3.8) is 0 Å². The highest BCUT2D eigenvalue weighted by molar-refractivity contribution is 7.14. The lowest BCUT2D eigenvalue weighted by Crippen LogP contribution is -2.25. The molecule has 0 bridgehead atoms. The maximum absolute atomic E-state index is 12.9. The van der Waals surface area contributed by atoms with Gasteiger partial charge >= 0.3 is 5.69 Å². The first kappa shape index (κ1) is 21.6. The predicted molar refractivity (Wildman–Crippen MR) is 129 cm³/mol. The monoisotopic (exact) mass is 464 g/mol. The van der Waals surface area contributed by atoms with Crippen LogP contribution in [0.4, 0.5) is 0 Å². The van der Waals surface area contributed by atoms with Crippen molar-refractivity contribution in [2.45, 2.75) is 53.6 Å². The summed E-state index contributed by atoms with van der Waals surface area (Å²) in [7, 11) is 0. The molecule has 33 heavy (non-hydrogen) atoms. The Labute approximate surface area is 196 Å². The van der Waals surface area contributed by atoms with E-state index in [2.05, 4.69) is 48.4 Å². The fourth-order valence-corrected chi connectivity index (χ4v) is 5.21. The van der Waals surface area contributed by atoms with E-state index in [-0.39, 0.29) is 11.7 Å². The molecule has 0 fully saturated rings. The molecule has 0 saturated carbocycles. The van der Waals surface area contributed by atoms with Crippen LogP contribution in [0.2, 0.25) is 0 Å². The van der Waals surface area contributed by atoms with Gasteiger partial charge in [-0.3, -0.25) is 4.68 Å². The Hall–Kier alpha value is -3.20. The van der Waals surface area contributed by atoms with Crippen LogP contribution in [0.25, 0.3) is 27.5 Å². The second kappa shape index (κ2) is 8.30. The van der Waals surface area contributed by atoms with Crippen molar-refractivity contribution >= 4 is 11.3 Å². The summed E-state index contributed by atoms with van der Waals surface area (Å²) in [6, 6.07) is 6.20. The minimum absolute atomic E-state index is 0.00678. The first-order chi connectivity index (χ1) is 15.8. The zero-order chi connectivity index (χ0) is 23.3. The molecule has 1 aliphatic rings. The van der Waals surface area contributed by atoms with E-state index in [0.717, 1.165) is 46.0 Å². The maximum Gasteiger partial charge on any atom is 0.352 e. The van der Waals surface area contributed by atoms with E-state index >= 15 is 0 Å². The Balaban J connectivity index is 1.54. The number of aryl methyl sites for hydroxylation is 1. The lowest BCUT2D eigenvalue weighted by atomic mass is 10.0. The molecule has 1 aromatic carbocycles. The fraction of sp³-hybridized carbons (Fsp3) is 0.417. The third kappa shape index (κ3) is 3.90. The molecule has 9 heteroatoms. The topological polar surface area (TPSA) is 79.8 Å². The number of hydrogen-bond acceptors (Lipinski definition) is 6. The molecule has 172 valence electrons. The van der Waals surface area contributed by atoms with Crippen molar-refractivity contribution in [2.24, 2.45) is 5.92 Å². The molecule has 0 amide bonds. The highest BCUT2D eigenvalue weighted by atomic mass is 32.1. The van der Waals surface area contributed by atoms with E-state index in [0.29, 0.717) is 23.5 Å². The zero-order valence-electron chi connectivity index (χ0n) is 19.6. The largest absolute Gasteiger partial charge is 0.492 e. The normalized spacial score (nSPS) is 13.2. The van der Waals surface area contributed by atoms with Crippen LogP contribution in [0.1, 0.15) is 44.4 Å². The number of aromatic nitrogens is 6. The average molecular weight is 465 g/mol. The highest BCUT2D eigenvalue weighted by Gasteiger charge is 2.24. The average Bonchev–Trinajstić information content (AvgIpc) is 3.43. The molecular formula is C24H28N6O2S. The van der Waals surface area contributed by atoms with Gasteiger partial charge in [-0.25, -0.2) is 19.0 Å². The number of ether oxygens (including phenoxy) is 1. The van der Waals surface area contributed by atoms with Gasteiger partial charge in [0.25, 0.3) is 0 Å². The first-order valence-corrected chi connectivity index (χ1v) is 12.1. The molecule has 0 atom stereocenters. The van der Waals surface area contributed by atoms with Crippen LogP contribution < -0.4 is 10.4 Å². The molecule has 8 nitrogen and oxygen atoms in total. The summed E-state index contributed by atoms with van der Waals surface area (Å²) < 4.78 is 11.2. The van der Waals surface area contributed by atoms with Gasteiger partial charge in [0.15, 0.2) is 5.13 Å². The second-order valence-electron chi connectivity index (χ2n) is 9.13. The van der Waals surface area contributed by atoms with Crippen LogP contribution in [-0.4, -0.2) is 35.7 Å². The van der Waals surface area contributed by atoms with E-state index in [1.54, 1.807) is 4.57 Å². The zero-order valence-corrected chi connectivity index (χ0v) is 20.4.